The molecule has 5 heteroatoms. The molecule has 0 aromatic rings. The number of carbonyl (C=O) groups is 2. The average Bonchev–Trinajstić information content (AvgIpc) is 2.93. The number of hydrogen-bond donors (Lipinski definition) is 3. The fourth-order valence-corrected chi connectivity index (χ4v) is 2.11. The number of carbonyl (C=O) groups excluding carboxylic acids is 2. The summed E-state index contributed by atoms with van der Waals surface area (Å²) >= 11 is 0. The molecule has 0 heterocycles. The number of rotatable bonds is 4. The molecule has 0 bridgehead atoms. The van der Waals surface area contributed by atoms with Crippen molar-refractivity contribution in [2.24, 2.45) is 0 Å². The topological polar surface area (TPSA) is 70.2 Å². The molecule has 3 amide bonds. The molecule has 0 radical (unpaired) electrons. The van der Waals surface area contributed by atoms with E-state index in [1.54, 1.807) is 6.92 Å². The molecule has 2 aliphatic carbocycles. The van der Waals surface area contributed by atoms with Crippen LogP contribution in [0.15, 0.2) is 0 Å². The highest BCUT2D eigenvalue weighted by molar-refractivity contribution is 5.86. The number of hydrogen-bond acceptors (Lipinski definition) is 2. The molecule has 1 atom stereocenters. The van der Waals surface area contributed by atoms with E-state index in [4.69, 9.17) is 0 Å². The Morgan fingerprint density at radius 2 is 1.59 bits per heavy atom. The van der Waals surface area contributed by atoms with Gasteiger partial charge in [0, 0.05) is 12.1 Å². The van der Waals surface area contributed by atoms with Gasteiger partial charge in [0.25, 0.3) is 0 Å². The minimum absolute atomic E-state index is 0.0807. The summed E-state index contributed by atoms with van der Waals surface area (Å²) < 4.78 is 0. The molecule has 3 N–H and O–H groups in total. The van der Waals surface area contributed by atoms with Crippen LogP contribution in [0.3, 0.4) is 0 Å². The molecule has 5 nitrogen and oxygen atoms in total. The molecule has 96 valence electrons. The molecule has 2 fully saturated rings. The summed E-state index contributed by atoms with van der Waals surface area (Å²) in [5.74, 6) is -0.0807. The maximum absolute atomic E-state index is 11.8. The van der Waals surface area contributed by atoms with E-state index >= 15 is 0 Å². The lowest BCUT2D eigenvalue weighted by Gasteiger charge is -2.17. The first-order valence-electron chi connectivity index (χ1n) is 6.52. The van der Waals surface area contributed by atoms with Crippen molar-refractivity contribution in [3.63, 3.8) is 0 Å². The van der Waals surface area contributed by atoms with Crippen molar-refractivity contribution in [3.8, 4) is 0 Å². The molecule has 17 heavy (non-hydrogen) atoms. The van der Waals surface area contributed by atoms with Gasteiger partial charge in [0.2, 0.25) is 5.91 Å². The minimum atomic E-state index is -0.464. The minimum Gasteiger partial charge on any atom is -0.352 e. The first-order valence-corrected chi connectivity index (χ1v) is 6.52. The maximum Gasteiger partial charge on any atom is 0.315 e. The van der Waals surface area contributed by atoms with Gasteiger partial charge < -0.3 is 16.0 Å². The van der Waals surface area contributed by atoms with Crippen LogP contribution in [-0.2, 0) is 4.79 Å². The third-order valence-electron chi connectivity index (χ3n) is 3.36. The van der Waals surface area contributed by atoms with E-state index in [1.807, 2.05) is 0 Å². The molecular weight excluding hydrogens is 218 g/mol. The Kier molecular flexibility index (Phi) is 3.86. The fraction of sp³-hybridized carbons (Fsp3) is 0.833. The number of amides is 3. The predicted molar refractivity (Wildman–Crippen MR) is 64.6 cm³/mol. The van der Waals surface area contributed by atoms with Crippen molar-refractivity contribution in [1.82, 2.24) is 16.0 Å². The largest absolute Gasteiger partial charge is 0.352 e. The predicted octanol–water partition coefficient (Wildman–Crippen LogP) is 0.895. The maximum atomic E-state index is 11.8. The van der Waals surface area contributed by atoms with Crippen molar-refractivity contribution < 1.29 is 9.59 Å². The molecule has 2 rings (SSSR count). The summed E-state index contributed by atoms with van der Waals surface area (Å²) in [7, 11) is 0. The fourth-order valence-electron chi connectivity index (χ4n) is 2.11. The monoisotopic (exact) mass is 239 g/mol. The van der Waals surface area contributed by atoms with E-state index in [0.29, 0.717) is 12.1 Å². The summed E-state index contributed by atoms with van der Waals surface area (Å²) in [6, 6.07) is -0.0748. The van der Waals surface area contributed by atoms with Crippen LogP contribution in [0.25, 0.3) is 0 Å². The summed E-state index contributed by atoms with van der Waals surface area (Å²) in [4.78, 5) is 23.2. The third-order valence-corrected chi connectivity index (χ3v) is 3.36. The summed E-state index contributed by atoms with van der Waals surface area (Å²) in [6.07, 6.45) is 6.61. The standard InChI is InChI=1S/C12H21N3O2/c1-8(13-12(17)15-10-6-7-10)11(16)14-9-4-2-3-5-9/h8-10H,2-7H2,1H3,(H,14,16)(H2,13,15,17). The first kappa shape index (κ1) is 12.2. The molecule has 0 aliphatic heterocycles. The van der Waals surface area contributed by atoms with Gasteiger partial charge in [0.05, 0.1) is 0 Å². The van der Waals surface area contributed by atoms with Crippen LogP contribution in [0.1, 0.15) is 45.4 Å². The van der Waals surface area contributed by atoms with Gasteiger partial charge >= 0.3 is 6.03 Å². The van der Waals surface area contributed by atoms with Crippen LogP contribution < -0.4 is 16.0 Å². The zero-order valence-electron chi connectivity index (χ0n) is 10.3. The van der Waals surface area contributed by atoms with Crippen molar-refractivity contribution in [3.05, 3.63) is 0 Å². The van der Waals surface area contributed by atoms with Gasteiger partial charge in [-0.3, -0.25) is 4.79 Å². The zero-order chi connectivity index (χ0) is 12.3. The SMILES string of the molecule is CC(NC(=O)NC1CC1)C(=O)NC1CCCC1. The van der Waals surface area contributed by atoms with Gasteiger partial charge in [-0.2, -0.15) is 0 Å². The second kappa shape index (κ2) is 5.38. The molecule has 0 saturated heterocycles. The van der Waals surface area contributed by atoms with Crippen molar-refractivity contribution in [2.75, 3.05) is 0 Å². The summed E-state index contributed by atoms with van der Waals surface area (Å²) in [6.45, 7) is 1.72. The highest BCUT2D eigenvalue weighted by Crippen LogP contribution is 2.18. The van der Waals surface area contributed by atoms with Crippen LogP contribution in [-0.4, -0.2) is 30.1 Å². The van der Waals surface area contributed by atoms with E-state index < -0.39 is 6.04 Å². The molecule has 2 saturated carbocycles. The Morgan fingerprint density at radius 3 is 2.18 bits per heavy atom. The van der Waals surface area contributed by atoms with Gasteiger partial charge in [-0.15, -0.1) is 0 Å². The third kappa shape index (κ3) is 3.91. The van der Waals surface area contributed by atoms with Crippen molar-refractivity contribution in [2.45, 2.75) is 63.6 Å². The van der Waals surface area contributed by atoms with Gasteiger partial charge in [0.1, 0.15) is 6.04 Å². The van der Waals surface area contributed by atoms with Crippen LogP contribution in [0.5, 0.6) is 0 Å². The van der Waals surface area contributed by atoms with E-state index in [1.165, 1.54) is 12.8 Å². The summed E-state index contributed by atoms with van der Waals surface area (Å²) in [5, 5.41) is 8.44. The van der Waals surface area contributed by atoms with Gasteiger partial charge in [-0.05, 0) is 32.6 Å². The van der Waals surface area contributed by atoms with E-state index in [9.17, 15) is 9.59 Å². The van der Waals surface area contributed by atoms with Gasteiger partial charge in [-0.25, -0.2) is 4.79 Å². The van der Waals surface area contributed by atoms with Crippen LogP contribution in [0.2, 0.25) is 0 Å². The Labute approximate surface area is 102 Å². The average molecular weight is 239 g/mol. The lowest BCUT2D eigenvalue weighted by molar-refractivity contribution is -0.123. The first-order chi connectivity index (χ1) is 8.15. The van der Waals surface area contributed by atoms with Gasteiger partial charge in [0.15, 0.2) is 0 Å². The molecule has 0 spiro atoms. The Balaban J connectivity index is 1.67. The van der Waals surface area contributed by atoms with E-state index in [2.05, 4.69) is 16.0 Å². The summed E-state index contributed by atoms with van der Waals surface area (Å²) in [5.41, 5.74) is 0. The van der Waals surface area contributed by atoms with Gasteiger partial charge in [-0.1, -0.05) is 12.8 Å². The molecule has 0 aromatic heterocycles. The van der Waals surface area contributed by atoms with Crippen LogP contribution >= 0.6 is 0 Å². The number of nitrogens with one attached hydrogen (secondary N) is 3. The highest BCUT2D eigenvalue weighted by Gasteiger charge is 2.25. The molecule has 0 aromatic carbocycles. The smallest absolute Gasteiger partial charge is 0.315 e. The normalized spacial score (nSPS) is 21.9. The Hall–Kier alpha value is -1.26. The Bertz CT molecular complexity index is 296. The van der Waals surface area contributed by atoms with Crippen molar-refractivity contribution >= 4 is 11.9 Å². The molecular formula is C12H21N3O2. The van der Waals surface area contributed by atoms with E-state index in [0.717, 1.165) is 25.7 Å². The molecule has 1 unspecified atom stereocenters. The Morgan fingerprint density at radius 1 is 1.00 bits per heavy atom. The zero-order valence-corrected chi connectivity index (χ0v) is 10.3. The molecule has 2 aliphatic rings. The highest BCUT2D eigenvalue weighted by atomic mass is 16.2. The quantitative estimate of drug-likeness (QED) is 0.682. The number of urea groups is 1. The lowest BCUT2D eigenvalue weighted by atomic mass is 10.2. The second-order valence-electron chi connectivity index (χ2n) is 5.10. The van der Waals surface area contributed by atoms with Crippen LogP contribution in [0.4, 0.5) is 4.79 Å². The second-order valence-corrected chi connectivity index (χ2v) is 5.10. The van der Waals surface area contributed by atoms with E-state index in [-0.39, 0.29) is 11.9 Å². The van der Waals surface area contributed by atoms with Crippen molar-refractivity contribution in [1.29, 1.82) is 0 Å². The lowest BCUT2D eigenvalue weighted by Crippen LogP contribution is -2.50. The van der Waals surface area contributed by atoms with Crippen LogP contribution in [0, 0.1) is 0 Å².